The maximum atomic E-state index is 5.61. The fraction of sp³-hybridized carbons (Fsp3) is 0.167. The molecule has 0 bridgehead atoms. The Morgan fingerprint density at radius 1 is 1.22 bits per heavy atom. The Kier molecular flexibility index (Phi) is 4.06. The summed E-state index contributed by atoms with van der Waals surface area (Å²) in [6.45, 7) is 0.292. The lowest BCUT2D eigenvalue weighted by atomic mass is 10.3. The summed E-state index contributed by atoms with van der Waals surface area (Å²) >= 11 is 0. The smallest absolute Gasteiger partial charge is 0.224 e. The minimum Gasteiger partial charge on any atom is -0.439 e. The van der Waals surface area contributed by atoms with Gasteiger partial charge in [-0.15, -0.1) is 0 Å². The van der Waals surface area contributed by atoms with Crippen molar-refractivity contribution in [2.24, 2.45) is 5.84 Å². The lowest BCUT2D eigenvalue weighted by Gasteiger charge is -2.08. The van der Waals surface area contributed by atoms with Gasteiger partial charge in [-0.3, -0.25) is 0 Å². The molecule has 0 saturated carbocycles. The van der Waals surface area contributed by atoms with E-state index in [0.717, 1.165) is 0 Å². The first-order valence-electron chi connectivity index (χ1n) is 5.38. The van der Waals surface area contributed by atoms with Gasteiger partial charge in [0.25, 0.3) is 0 Å². The zero-order chi connectivity index (χ0) is 12.8. The number of ether oxygens (including phenoxy) is 2. The van der Waals surface area contributed by atoms with E-state index in [-0.39, 0.29) is 0 Å². The highest BCUT2D eigenvalue weighted by atomic mass is 16.5. The third kappa shape index (κ3) is 3.16. The Balaban J connectivity index is 2.24. The molecule has 6 nitrogen and oxygen atoms in total. The van der Waals surface area contributed by atoms with Crippen LogP contribution in [0.25, 0.3) is 0 Å². The molecule has 0 unspecified atom stereocenters. The molecule has 3 N–H and O–H groups in total. The molecule has 94 valence electrons. The lowest BCUT2D eigenvalue weighted by Crippen LogP contribution is -2.11. The number of rotatable bonds is 5. The quantitative estimate of drug-likeness (QED) is 0.617. The van der Waals surface area contributed by atoms with Crippen molar-refractivity contribution in [3.8, 4) is 11.6 Å². The molecule has 0 spiro atoms. The third-order valence-corrected chi connectivity index (χ3v) is 2.14. The molecule has 18 heavy (non-hydrogen) atoms. The normalized spacial score (nSPS) is 10.1. The van der Waals surface area contributed by atoms with Crippen LogP contribution in [-0.4, -0.2) is 17.1 Å². The number of methoxy groups -OCH3 is 1. The predicted molar refractivity (Wildman–Crippen MR) is 67.1 cm³/mol. The molecular formula is C12H14N4O2. The van der Waals surface area contributed by atoms with Gasteiger partial charge in [-0.1, -0.05) is 18.2 Å². The Hall–Kier alpha value is -2.18. The van der Waals surface area contributed by atoms with E-state index in [4.69, 9.17) is 15.3 Å². The van der Waals surface area contributed by atoms with E-state index in [1.54, 1.807) is 13.2 Å². The highest BCUT2D eigenvalue weighted by molar-refractivity contribution is 5.38. The van der Waals surface area contributed by atoms with Crippen molar-refractivity contribution < 1.29 is 9.47 Å². The van der Waals surface area contributed by atoms with E-state index in [2.05, 4.69) is 15.4 Å². The van der Waals surface area contributed by atoms with Crippen molar-refractivity contribution >= 4 is 5.82 Å². The van der Waals surface area contributed by atoms with E-state index < -0.39 is 0 Å². The first-order valence-corrected chi connectivity index (χ1v) is 5.38. The van der Waals surface area contributed by atoms with Gasteiger partial charge >= 0.3 is 0 Å². The second kappa shape index (κ2) is 5.95. The number of benzene rings is 1. The van der Waals surface area contributed by atoms with Gasteiger partial charge < -0.3 is 14.9 Å². The highest BCUT2D eigenvalue weighted by Gasteiger charge is 2.05. The monoisotopic (exact) mass is 246 g/mol. The van der Waals surface area contributed by atoms with E-state index in [1.165, 1.54) is 0 Å². The molecule has 0 aliphatic rings. The van der Waals surface area contributed by atoms with Gasteiger partial charge in [-0.2, -0.15) is 4.98 Å². The van der Waals surface area contributed by atoms with Gasteiger partial charge in [0, 0.05) is 13.2 Å². The van der Waals surface area contributed by atoms with Crippen LogP contribution in [0.15, 0.2) is 36.4 Å². The molecule has 2 aromatic rings. The molecule has 0 aliphatic heterocycles. The van der Waals surface area contributed by atoms with Gasteiger partial charge in [0.05, 0.1) is 0 Å². The Labute approximate surface area is 105 Å². The fourth-order valence-corrected chi connectivity index (χ4v) is 1.40. The molecule has 0 fully saturated rings. The van der Waals surface area contributed by atoms with Crippen LogP contribution in [0.5, 0.6) is 11.6 Å². The van der Waals surface area contributed by atoms with Crippen LogP contribution in [0, 0.1) is 0 Å². The molecule has 0 atom stereocenters. The highest BCUT2D eigenvalue weighted by Crippen LogP contribution is 2.21. The average Bonchev–Trinajstić information content (AvgIpc) is 2.40. The summed E-state index contributed by atoms with van der Waals surface area (Å²) in [6, 6.07) is 11.0. The first kappa shape index (κ1) is 12.3. The molecule has 0 saturated heterocycles. The maximum absolute atomic E-state index is 5.61. The first-order chi connectivity index (χ1) is 8.81. The summed E-state index contributed by atoms with van der Waals surface area (Å²) < 4.78 is 10.6. The van der Waals surface area contributed by atoms with E-state index >= 15 is 0 Å². The number of hydrogen-bond acceptors (Lipinski definition) is 6. The zero-order valence-corrected chi connectivity index (χ0v) is 9.96. The topological polar surface area (TPSA) is 82.3 Å². The van der Waals surface area contributed by atoms with Crippen molar-refractivity contribution in [3.63, 3.8) is 0 Å². The maximum Gasteiger partial charge on any atom is 0.224 e. The zero-order valence-electron chi connectivity index (χ0n) is 9.96. The summed E-state index contributed by atoms with van der Waals surface area (Å²) in [5, 5.41) is 0. The summed E-state index contributed by atoms with van der Waals surface area (Å²) in [5.74, 6) is 7.42. The summed E-state index contributed by atoms with van der Waals surface area (Å²) in [7, 11) is 1.57. The van der Waals surface area contributed by atoms with Gasteiger partial charge in [-0.25, -0.2) is 10.8 Å². The van der Waals surface area contributed by atoms with Crippen molar-refractivity contribution in [2.45, 2.75) is 6.61 Å². The van der Waals surface area contributed by atoms with Crippen molar-refractivity contribution in [3.05, 3.63) is 42.2 Å². The SMILES string of the molecule is COCc1nc(NN)cc(Oc2ccccc2)n1. The van der Waals surface area contributed by atoms with Crippen molar-refractivity contribution in [1.82, 2.24) is 9.97 Å². The Morgan fingerprint density at radius 2 is 2.00 bits per heavy atom. The van der Waals surface area contributed by atoms with Crippen LogP contribution >= 0.6 is 0 Å². The van der Waals surface area contributed by atoms with E-state index in [0.29, 0.717) is 29.9 Å². The average molecular weight is 246 g/mol. The number of para-hydroxylation sites is 1. The molecule has 0 amide bonds. The van der Waals surface area contributed by atoms with Crippen molar-refractivity contribution in [2.75, 3.05) is 12.5 Å². The molecule has 2 rings (SSSR count). The molecule has 1 aromatic carbocycles. The molecule has 6 heteroatoms. The molecule has 1 heterocycles. The standard InChI is InChI=1S/C12H14N4O2/c1-17-8-11-14-10(16-13)7-12(15-11)18-9-5-3-2-4-6-9/h2-7H,8,13H2,1H3,(H,14,15,16). The molecular weight excluding hydrogens is 232 g/mol. The Morgan fingerprint density at radius 3 is 2.67 bits per heavy atom. The van der Waals surface area contributed by atoms with Crippen LogP contribution in [0.4, 0.5) is 5.82 Å². The molecule has 0 radical (unpaired) electrons. The lowest BCUT2D eigenvalue weighted by molar-refractivity contribution is 0.177. The van der Waals surface area contributed by atoms with Crippen LogP contribution in [0.3, 0.4) is 0 Å². The fourth-order valence-electron chi connectivity index (χ4n) is 1.40. The van der Waals surface area contributed by atoms with Crippen LogP contribution in [0.1, 0.15) is 5.82 Å². The van der Waals surface area contributed by atoms with Gasteiger partial charge in [0.1, 0.15) is 18.2 Å². The van der Waals surface area contributed by atoms with Crippen LogP contribution in [-0.2, 0) is 11.3 Å². The number of nitrogen functional groups attached to an aromatic ring is 1. The van der Waals surface area contributed by atoms with E-state index in [9.17, 15) is 0 Å². The number of aromatic nitrogens is 2. The second-order valence-corrected chi connectivity index (χ2v) is 3.50. The van der Waals surface area contributed by atoms with Gasteiger partial charge in [0.2, 0.25) is 5.88 Å². The third-order valence-electron chi connectivity index (χ3n) is 2.14. The largest absolute Gasteiger partial charge is 0.439 e. The molecule has 0 aliphatic carbocycles. The predicted octanol–water partition coefficient (Wildman–Crippen LogP) is 1.70. The molecule has 1 aromatic heterocycles. The van der Waals surface area contributed by atoms with Gasteiger partial charge in [-0.05, 0) is 12.1 Å². The second-order valence-electron chi connectivity index (χ2n) is 3.50. The van der Waals surface area contributed by atoms with Gasteiger partial charge in [0.15, 0.2) is 5.82 Å². The number of nitrogens with zero attached hydrogens (tertiary/aromatic N) is 2. The van der Waals surface area contributed by atoms with Crippen LogP contribution < -0.4 is 16.0 Å². The van der Waals surface area contributed by atoms with Crippen molar-refractivity contribution in [1.29, 1.82) is 0 Å². The minimum atomic E-state index is 0.292. The summed E-state index contributed by atoms with van der Waals surface area (Å²) in [4.78, 5) is 8.34. The minimum absolute atomic E-state index is 0.292. The number of hydrazine groups is 1. The Bertz CT molecular complexity index is 505. The summed E-state index contributed by atoms with van der Waals surface area (Å²) in [5.41, 5.74) is 2.47. The number of nitrogens with one attached hydrogen (secondary N) is 1. The summed E-state index contributed by atoms with van der Waals surface area (Å²) in [6.07, 6.45) is 0. The number of hydrogen-bond donors (Lipinski definition) is 2. The number of nitrogens with two attached hydrogens (primary N) is 1. The van der Waals surface area contributed by atoms with E-state index in [1.807, 2.05) is 30.3 Å². The number of anilines is 1. The van der Waals surface area contributed by atoms with Crippen LogP contribution in [0.2, 0.25) is 0 Å².